The molecule has 260 valence electrons. The molecule has 0 bridgehead atoms. The van der Waals surface area contributed by atoms with Crippen LogP contribution in [0.2, 0.25) is 0 Å². The van der Waals surface area contributed by atoms with Gasteiger partial charge in [0.1, 0.15) is 30.5 Å². The molecule has 1 aromatic carbocycles. The van der Waals surface area contributed by atoms with Crippen LogP contribution in [0.4, 0.5) is 4.79 Å². The maximum Gasteiger partial charge on any atom is 0.315 e. The second kappa shape index (κ2) is 23.5. The highest BCUT2D eigenvalue weighted by Gasteiger charge is 2.44. The van der Waals surface area contributed by atoms with Crippen molar-refractivity contribution in [3.05, 3.63) is 35.9 Å². The smallest absolute Gasteiger partial charge is 0.315 e. The number of ether oxygens (including phenoxy) is 2. The highest BCUT2D eigenvalue weighted by Crippen LogP contribution is 2.23. The van der Waals surface area contributed by atoms with Crippen LogP contribution in [-0.2, 0) is 15.9 Å². The Labute approximate surface area is 269 Å². The first kappa shape index (κ1) is 39.3. The Morgan fingerprint density at radius 1 is 0.844 bits per heavy atom. The lowest BCUT2D eigenvalue weighted by Crippen LogP contribution is -2.60. The number of unbranched alkanes of at least 4 members (excludes halogenated alkanes) is 11. The van der Waals surface area contributed by atoms with Crippen LogP contribution < -0.4 is 10.6 Å². The average Bonchev–Trinajstić information content (AvgIpc) is 3.05. The first-order valence-electron chi connectivity index (χ1n) is 17.1. The Balaban J connectivity index is 1.80. The number of amides is 2. The van der Waals surface area contributed by atoms with E-state index in [9.17, 15) is 35.4 Å². The number of aryl methyl sites for hydroxylation is 1. The summed E-state index contributed by atoms with van der Waals surface area (Å²) in [6, 6.07) is 8.26. The molecule has 1 saturated heterocycles. The predicted molar refractivity (Wildman–Crippen MR) is 173 cm³/mol. The molecule has 1 heterocycles. The van der Waals surface area contributed by atoms with E-state index in [4.69, 9.17) is 9.47 Å². The van der Waals surface area contributed by atoms with Gasteiger partial charge in [-0.2, -0.15) is 0 Å². The Morgan fingerprint density at radius 2 is 1.44 bits per heavy atom. The zero-order valence-electron chi connectivity index (χ0n) is 27.1. The molecular weight excluding hydrogens is 580 g/mol. The number of carbonyl (C=O) groups is 1. The lowest BCUT2D eigenvalue weighted by Gasteiger charge is -2.40. The summed E-state index contributed by atoms with van der Waals surface area (Å²) in [6.45, 7) is 1.64. The first-order chi connectivity index (χ1) is 21.8. The maximum absolute atomic E-state index is 12.7. The van der Waals surface area contributed by atoms with Crippen molar-refractivity contribution in [1.82, 2.24) is 10.6 Å². The second-order valence-electron chi connectivity index (χ2n) is 12.4. The second-order valence-corrected chi connectivity index (χ2v) is 12.4. The largest absolute Gasteiger partial charge is 0.394 e. The zero-order valence-corrected chi connectivity index (χ0v) is 27.1. The molecule has 0 radical (unpaired) electrons. The Bertz CT molecular complexity index is 878. The van der Waals surface area contributed by atoms with Gasteiger partial charge in [0.15, 0.2) is 6.29 Å². The number of aliphatic hydroxyl groups is 6. The fourth-order valence-corrected chi connectivity index (χ4v) is 5.62. The number of aliphatic hydroxyl groups excluding tert-OH is 6. The van der Waals surface area contributed by atoms with Crippen molar-refractivity contribution in [1.29, 1.82) is 0 Å². The molecule has 2 rings (SSSR count). The van der Waals surface area contributed by atoms with E-state index < -0.39 is 61.6 Å². The average molecular weight is 641 g/mol. The number of hydrogen-bond donors (Lipinski definition) is 8. The zero-order chi connectivity index (χ0) is 32.9. The van der Waals surface area contributed by atoms with Crippen molar-refractivity contribution in [2.24, 2.45) is 0 Å². The summed E-state index contributed by atoms with van der Waals surface area (Å²) in [7, 11) is 0. The molecule has 8 N–H and O–H groups in total. The van der Waals surface area contributed by atoms with Crippen molar-refractivity contribution >= 4 is 6.03 Å². The third-order valence-corrected chi connectivity index (χ3v) is 8.54. The van der Waals surface area contributed by atoms with Crippen LogP contribution in [-0.4, -0.2) is 105 Å². The summed E-state index contributed by atoms with van der Waals surface area (Å²) in [5, 5.41) is 67.1. The van der Waals surface area contributed by atoms with Gasteiger partial charge in [-0.25, -0.2) is 4.79 Å². The van der Waals surface area contributed by atoms with Gasteiger partial charge in [0.05, 0.1) is 25.4 Å². The van der Waals surface area contributed by atoms with Crippen LogP contribution in [0.3, 0.4) is 0 Å². The molecule has 0 aromatic heterocycles. The number of nitrogens with one attached hydrogen (secondary N) is 2. The fraction of sp³-hybridized carbons (Fsp3) is 0.794. The monoisotopic (exact) mass is 640 g/mol. The summed E-state index contributed by atoms with van der Waals surface area (Å²) < 4.78 is 11.0. The molecule has 2 amide bonds. The predicted octanol–water partition coefficient (Wildman–Crippen LogP) is 2.92. The minimum absolute atomic E-state index is 0.343. The van der Waals surface area contributed by atoms with Crippen molar-refractivity contribution < 1.29 is 44.9 Å². The lowest BCUT2D eigenvalue weighted by molar-refractivity contribution is -0.303. The summed E-state index contributed by atoms with van der Waals surface area (Å²) in [5.74, 6) is 0. The van der Waals surface area contributed by atoms with Gasteiger partial charge in [0, 0.05) is 6.54 Å². The highest BCUT2D eigenvalue weighted by molar-refractivity contribution is 5.74. The van der Waals surface area contributed by atoms with Gasteiger partial charge in [-0.15, -0.1) is 0 Å². The summed E-state index contributed by atoms with van der Waals surface area (Å²) >= 11 is 0. The molecule has 0 aliphatic carbocycles. The maximum atomic E-state index is 12.7. The van der Waals surface area contributed by atoms with Crippen LogP contribution >= 0.6 is 0 Å². The SMILES string of the molecule is CCCCCCCCCCCCCC[C@@H](O)[C@@H](O)[C@H](CO[C@H]1O[C@H](CO)[C@H](O)[C@H](O)[C@H]1O)NC(=O)NCCCc1ccccc1. The van der Waals surface area contributed by atoms with Crippen molar-refractivity contribution in [3.8, 4) is 0 Å². The van der Waals surface area contributed by atoms with Gasteiger partial charge in [0.2, 0.25) is 0 Å². The van der Waals surface area contributed by atoms with Gasteiger partial charge < -0.3 is 50.7 Å². The number of urea groups is 1. The van der Waals surface area contributed by atoms with Gasteiger partial charge in [-0.05, 0) is 24.8 Å². The summed E-state index contributed by atoms with van der Waals surface area (Å²) in [4.78, 5) is 12.7. The molecule has 1 aliphatic rings. The van der Waals surface area contributed by atoms with E-state index in [2.05, 4.69) is 17.6 Å². The van der Waals surface area contributed by atoms with Gasteiger partial charge in [-0.1, -0.05) is 114 Å². The van der Waals surface area contributed by atoms with Gasteiger partial charge in [0.25, 0.3) is 0 Å². The van der Waals surface area contributed by atoms with E-state index in [0.29, 0.717) is 19.4 Å². The van der Waals surface area contributed by atoms with Crippen LogP contribution in [0.5, 0.6) is 0 Å². The summed E-state index contributed by atoms with van der Waals surface area (Å²) in [5.41, 5.74) is 1.15. The number of rotatable bonds is 24. The van der Waals surface area contributed by atoms with E-state index in [1.165, 1.54) is 51.4 Å². The summed E-state index contributed by atoms with van der Waals surface area (Å²) in [6.07, 6.45) is 6.12. The lowest BCUT2D eigenvalue weighted by atomic mass is 9.98. The number of benzene rings is 1. The molecule has 1 aliphatic heterocycles. The highest BCUT2D eigenvalue weighted by atomic mass is 16.7. The fourth-order valence-electron chi connectivity index (χ4n) is 5.62. The molecule has 11 heteroatoms. The molecular formula is C34H60N2O9. The van der Waals surface area contributed by atoms with Crippen LogP contribution in [0, 0.1) is 0 Å². The van der Waals surface area contributed by atoms with Crippen LogP contribution in [0.15, 0.2) is 30.3 Å². The van der Waals surface area contributed by atoms with E-state index in [-0.39, 0.29) is 6.61 Å². The molecule has 8 atom stereocenters. The number of carbonyl (C=O) groups excluding carboxylic acids is 1. The molecule has 0 spiro atoms. The molecule has 1 aromatic rings. The number of hydrogen-bond acceptors (Lipinski definition) is 9. The van der Waals surface area contributed by atoms with Crippen molar-refractivity contribution in [3.63, 3.8) is 0 Å². The molecule has 0 unspecified atom stereocenters. The molecule has 1 fully saturated rings. The molecule has 11 nitrogen and oxygen atoms in total. The standard InChI is InChI=1S/C34H60N2O9/c1-2-3-4-5-6-7-8-9-10-11-12-16-21-27(38)29(39)26(24-44-33-32(42)31(41)30(40)28(23-37)45-33)36-34(43)35-22-17-20-25-18-14-13-15-19-25/h13-15,18-19,26-33,37-42H,2-12,16-17,20-24H2,1H3,(H2,35,36,43)/t26-,27+,28+,29-,30-,31-,32+,33-/m0/s1. The van der Waals surface area contributed by atoms with Crippen molar-refractivity contribution in [2.45, 2.75) is 152 Å². The van der Waals surface area contributed by atoms with Gasteiger partial charge >= 0.3 is 6.03 Å². The third-order valence-electron chi connectivity index (χ3n) is 8.54. The Morgan fingerprint density at radius 3 is 2.04 bits per heavy atom. The van der Waals surface area contributed by atoms with Crippen LogP contribution in [0.1, 0.15) is 102 Å². The van der Waals surface area contributed by atoms with Crippen LogP contribution in [0.25, 0.3) is 0 Å². The minimum Gasteiger partial charge on any atom is -0.394 e. The minimum atomic E-state index is -1.63. The quantitative estimate of drug-likeness (QED) is 0.0788. The molecule has 0 saturated carbocycles. The molecule has 45 heavy (non-hydrogen) atoms. The topological polar surface area (TPSA) is 181 Å². The normalized spacial score (nSPS) is 23.8. The van der Waals surface area contributed by atoms with Gasteiger partial charge in [-0.3, -0.25) is 0 Å². The Kier molecular flexibility index (Phi) is 20.5. The third kappa shape index (κ3) is 15.5. The Hall–Kier alpha value is -1.83. The van der Waals surface area contributed by atoms with E-state index >= 15 is 0 Å². The first-order valence-corrected chi connectivity index (χ1v) is 17.1. The van der Waals surface area contributed by atoms with E-state index in [1.54, 1.807) is 0 Å². The van der Waals surface area contributed by atoms with Crippen molar-refractivity contribution in [2.75, 3.05) is 19.8 Å². The van der Waals surface area contributed by atoms with E-state index in [0.717, 1.165) is 37.7 Å². The van der Waals surface area contributed by atoms with E-state index in [1.807, 2.05) is 30.3 Å².